The summed E-state index contributed by atoms with van der Waals surface area (Å²) in [6.45, 7) is 7.93. The Morgan fingerprint density at radius 1 is 0.524 bits per heavy atom. The summed E-state index contributed by atoms with van der Waals surface area (Å²) in [5, 5.41) is 0. The fourth-order valence-corrected chi connectivity index (χ4v) is 6.29. The van der Waals surface area contributed by atoms with Gasteiger partial charge in [-0.1, -0.05) is 61.7 Å². The van der Waals surface area contributed by atoms with Crippen molar-refractivity contribution in [1.82, 2.24) is 19.9 Å². The number of rotatable bonds is 4. The lowest BCUT2D eigenvalue weighted by Crippen LogP contribution is -1.88. The normalized spacial score (nSPS) is 12.0. The van der Waals surface area contributed by atoms with Gasteiger partial charge in [-0.25, -0.2) is 9.97 Å². The molecule has 0 spiro atoms. The van der Waals surface area contributed by atoms with Crippen LogP contribution in [0, 0.1) is 0 Å². The van der Waals surface area contributed by atoms with Crippen LogP contribution in [0.4, 0.5) is 0 Å². The molecule has 6 heteroatoms. The highest BCUT2D eigenvalue weighted by Gasteiger charge is 2.16. The van der Waals surface area contributed by atoms with Crippen LogP contribution in [0.5, 0.6) is 0 Å². The van der Waals surface area contributed by atoms with Crippen LogP contribution in [-0.2, 0) is 0 Å². The van der Waals surface area contributed by atoms with Crippen LogP contribution in [0.25, 0.3) is 80.8 Å². The van der Waals surface area contributed by atoms with E-state index in [1.165, 1.54) is 0 Å². The van der Waals surface area contributed by atoms with E-state index in [0.29, 0.717) is 0 Å². The second-order valence-corrected chi connectivity index (χ2v) is 11.6. The fraction of sp³-hybridized carbons (Fsp3) is 0. The number of H-pyrrole nitrogens is 2. The summed E-state index contributed by atoms with van der Waals surface area (Å²) in [7, 11) is 0. The summed E-state index contributed by atoms with van der Waals surface area (Å²) in [5.41, 5.74) is 13.4. The maximum atomic E-state index is 5.10. The second kappa shape index (κ2) is 10.7. The number of benzene rings is 2. The average molecular weight is 672 g/mol. The molecule has 2 aliphatic rings. The molecule has 2 N–H and O–H groups in total. The molecule has 8 bridgehead atoms. The van der Waals surface area contributed by atoms with Crippen molar-refractivity contribution < 1.29 is 0 Å². The van der Waals surface area contributed by atoms with Crippen molar-refractivity contribution in [2.24, 2.45) is 0 Å². The van der Waals surface area contributed by atoms with Gasteiger partial charge in [0.15, 0.2) is 0 Å². The molecule has 5 aromatic rings. The standard InChI is InChI=1S/C36H24Br2N4/c1-3-21-7-5-9-23(19-21)33-25-11-15-29(39-25)35(37)31-17-13-27(41-31)34(24-10-6-8-22(4-2)20-24)28-14-18-32(42-28)36(38)30-16-12-26(33)40-30/h3-20,39,42H,1-2H2. The van der Waals surface area contributed by atoms with E-state index in [2.05, 4.69) is 116 Å². The van der Waals surface area contributed by atoms with E-state index in [4.69, 9.17) is 9.97 Å². The Balaban J connectivity index is 1.61. The zero-order chi connectivity index (χ0) is 28.8. The van der Waals surface area contributed by atoms with Crippen molar-refractivity contribution >= 4 is 90.4 Å². The molecule has 0 atom stereocenters. The third-order valence-corrected chi connectivity index (χ3v) is 9.11. The van der Waals surface area contributed by atoms with E-state index in [1.807, 2.05) is 48.6 Å². The topological polar surface area (TPSA) is 57.4 Å². The lowest BCUT2D eigenvalue weighted by atomic mass is 10.0. The van der Waals surface area contributed by atoms with Crippen LogP contribution >= 0.6 is 31.9 Å². The van der Waals surface area contributed by atoms with Crippen LogP contribution in [0.1, 0.15) is 33.9 Å². The Kier molecular flexibility index (Phi) is 6.73. The minimum atomic E-state index is 0.839. The molecular formula is C36H24Br2N4. The van der Waals surface area contributed by atoms with Crippen molar-refractivity contribution in [3.63, 3.8) is 0 Å². The maximum Gasteiger partial charge on any atom is 0.0801 e. The first-order valence-electron chi connectivity index (χ1n) is 13.5. The first kappa shape index (κ1) is 26.4. The van der Waals surface area contributed by atoms with E-state index in [1.54, 1.807) is 0 Å². The summed E-state index contributed by atoms with van der Waals surface area (Å²) in [4.78, 5) is 17.5. The molecule has 0 fully saturated rings. The molecule has 0 saturated carbocycles. The Bertz CT molecular complexity index is 2010. The molecule has 2 aliphatic heterocycles. The summed E-state index contributed by atoms with van der Waals surface area (Å²) in [5.74, 6) is 0. The molecule has 0 saturated heterocycles. The largest absolute Gasteiger partial charge is 0.354 e. The zero-order valence-corrected chi connectivity index (χ0v) is 25.6. The predicted molar refractivity (Wildman–Crippen MR) is 185 cm³/mol. The molecular weight excluding hydrogens is 648 g/mol. The zero-order valence-electron chi connectivity index (χ0n) is 22.5. The van der Waals surface area contributed by atoms with Crippen LogP contribution < -0.4 is 0 Å². The van der Waals surface area contributed by atoms with Gasteiger partial charge in [-0.2, -0.15) is 0 Å². The fourth-order valence-electron chi connectivity index (χ4n) is 5.39. The SMILES string of the molecule is C=Cc1cccc(-c2c3nc(c(Br)c4ccc([nH]4)c(-c4cccc(C=C)c4)c4nc(c(Br)c5ccc2[nH]5)C=C4)C=C3)c1. The van der Waals surface area contributed by atoms with Gasteiger partial charge in [-0.3, -0.25) is 0 Å². The van der Waals surface area contributed by atoms with Crippen molar-refractivity contribution in [3.05, 3.63) is 129 Å². The molecule has 202 valence electrons. The molecule has 5 heterocycles. The summed E-state index contributed by atoms with van der Waals surface area (Å²) in [6.07, 6.45) is 11.9. The molecule has 2 aromatic carbocycles. The second-order valence-electron chi connectivity index (χ2n) is 10.0. The molecule has 0 amide bonds. The van der Waals surface area contributed by atoms with E-state index in [0.717, 1.165) is 87.2 Å². The first-order chi connectivity index (χ1) is 20.5. The quantitative estimate of drug-likeness (QED) is 0.196. The van der Waals surface area contributed by atoms with E-state index < -0.39 is 0 Å². The number of hydrogen-bond donors (Lipinski definition) is 2. The Hall–Kier alpha value is -4.52. The molecule has 7 rings (SSSR count). The molecule has 4 nitrogen and oxygen atoms in total. The van der Waals surface area contributed by atoms with E-state index in [-0.39, 0.29) is 0 Å². The number of aromatic nitrogens is 4. The smallest absolute Gasteiger partial charge is 0.0801 e. The number of aromatic amines is 2. The highest BCUT2D eigenvalue weighted by molar-refractivity contribution is 9.11. The van der Waals surface area contributed by atoms with Gasteiger partial charge in [0.25, 0.3) is 0 Å². The summed E-state index contributed by atoms with van der Waals surface area (Å²) >= 11 is 7.70. The third-order valence-electron chi connectivity index (χ3n) is 7.45. The van der Waals surface area contributed by atoms with Crippen LogP contribution in [0.3, 0.4) is 0 Å². The van der Waals surface area contributed by atoms with Crippen LogP contribution in [0.2, 0.25) is 0 Å². The van der Waals surface area contributed by atoms with Gasteiger partial charge >= 0.3 is 0 Å². The van der Waals surface area contributed by atoms with E-state index >= 15 is 0 Å². The Morgan fingerprint density at radius 3 is 1.36 bits per heavy atom. The lowest BCUT2D eigenvalue weighted by Gasteiger charge is -2.06. The monoisotopic (exact) mass is 670 g/mol. The van der Waals surface area contributed by atoms with Crippen LogP contribution in [0.15, 0.2) is 94.9 Å². The Morgan fingerprint density at radius 2 is 0.929 bits per heavy atom. The summed E-state index contributed by atoms with van der Waals surface area (Å²) < 4.78 is 1.76. The lowest BCUT2D eigenvalue weighted by molar-refractivity contribution is 1.29. The predicted octanol–water partition coefficient (Wildman–Crippen LogP) is 10.8. The Labute approximate surface area is 260 Å². The van der Waals surface area contributed by atoms with Crippen LogP contribution in [-0.4, -0.2) is 19.9 Å². The third kappa shape index (κ3) is 4.63. The van der Waals surface area contributed by atoms with Crippen molar-refractivity contribution in [2.45, 2.75) is 0 Å². The summed E-state index contributed by atoms with van der Waals surface area (Å²) in [6, 6.07) is 25.0. The van der Waals surface area contributed by atoms with Crippen molar-refractivity contribution in [2.75, 3.05) is 0 Å². The van der Waals surface area contributed by atoms with E-state index in [9.17, 15) is 0 Å². The number of nitrogens with one attached hydrogen (secondary N) is 2. The highest BCUT2D eigenvalue weighted by atomic mass is 79.9. The minimum absolute atomic E-state index is 0.839. The molecule has 0 aliphatic carbocycles. The van der Waals surface area contributed by atoms with Crippen molar-refractivity contribution in [1.29, 1.82) is 0 Å². The van der Waals surface area contributed by atoms with Gasteiger partial charge in [0.2, 0.25) is 0 Å². The van der Waals surface area contributed by atoms with Gasteiger partial charge in [0.05, 0.1) is 42.8 Å². The number of halogens is 2. The molecule has 3 aromatic heterocycles. The maximum absolute atomic E-state index is 5.10. The minimum Gasteiger partial charge on any atom is -0.354 e. The van der Waals surface area contributed by atoms with Crippen molar-refractivity contribution in [3.8, 4) is 22.3 Å². The van der Waals surface area contributed by atoms with Gasteiger partial charge in [-0.15, -0.1) is 0 Å². The van der Waals surface area contributed by atoms with Gasteiger partial charge in [0, 0.05) is 22.2 Å². The highest BCUT2D eigenvalue weighted by Crippen LogP contribution is 2.36. The number of nitrogens with zero attached hydrogens (tertiary/aromatic N) is 2. The van der Waals surface area contributed by atoms with Gasteiger partial charge in [-0.05, 0) is 115 Å². The molecule has 0 unspecified atom stereocenters. The number of hydrogen-bond acceptors (Lipinski definition) is 2. The first-order valence-corrected chi connectivity index (χ1v) is 15.0. The van der Waals surface area contributed by atoms with Gasteiger partial charge in [0.1, 0.15) is 0 Å². The number of fused-ring (bicyclic) bond motifs is 8. The average Bonchev–Trinajstić information content (AvgIpc) is 3.85. The van der Waals surface area contributed by atoms with Gasteiger partial charge < -0.3 is 9.97 Å². The molecule has 0 radical (unpaired) electrons. The molecule has 42 heavy (non-hydrogen) atoms.